The lowest BCUT2D eigenvalue weighted by atomic mass is 10.2. The summed E-state index contributed by atoms with van der Waals surface area (Å²) in [6, 6.07) is 5.53. The molecule has 5 nitrogen and oxygen atoms in total. The van der Waals surface area contributed by atoms with Crippen molar-refractivity contribution in [1.29, 1.82) is 0 Å². The summed E-state index contributed by atoms with van der Waals surface area (Å²) in [6.07, 6.45) is 0.567. The van der Waals surface area contributed by atoms with E-state index in [4.69, 9.17) is 4.74 Å². The van der Waals surface area contributed by atoms with E-state index in [1.54, 1.807) is 11.0 Å². The van der Waals surface area contributed by atoms with Crippen LogP contribution in [0.25, 0.3) is 0 Å². The molecule has 1 aliphatic heterocycles. The third-order valence-corrected chi connectivity index (χ3v) is 4.02. The molecule has 1 fully saturated rings. The molecule has 0 saturated carbocycles. The van der Waals surface area contributed by atoms with Gasteiger partial charge in [0.05, 0.1) is 5.69 Å². The minimum absolute atomic E-state index is 0.262. The number of ether oxygens (including phenoxy) is 1. The topological polar surface area (TPSA) is 49.9 Å². The average Bonchev–Trinajstić information content (AvgIpc) is 2.45. The zero-order valence-electron chi connectivity index (χ0n) is 13.1. The smallest absolute Gasteiger partial charge is 0.410 e. The molecule has 1 heterocycles. The predicted molar refractivity (Wildman–Crippen MR) is 89.5 cm³/mol. The first-order valence-corrected chi connectivity index (χ1v) is 8.07. The van der Waals surface area contributed by atoms with Crippen molar-refractivity contribution in [1.82, 2.24) is 4.90 Å². The molecular weight excluding hydrogens is 348 g/mol. The van der Waals surface area contributed by atoms with Crippen molar-refractivity contribution in [2.45, 2.75) is 26.4 Å². The van der Waals surface area contributed by atoms with E-state index >= 15 is 0 Å². The van der Waals surface area contributed by atoms with E-state index in [0.29, 0.717) is 18.7 Å². The standard InChI is InChI=1S/C16H21BrN2O3/c1-16(2,3)22-15(21)19-8-6-18(7-9-19)14-5-4-12(11-20)10-13(14)17/h4-5,10-11H,6-9H2,1-3H3. The number of hydrogen-bond acceptors (Lipinski definition) is 4. The first-order chi connectivity index (χ1) is 10.3. The number of rotatable bonds is 2. The van der Waals surface area contributed by atoms with Gasteiger partial charge in [0.25, 0.3) is 0 Å². The molecule has 6 heteroatoms. The Kier molecular flexibility index (Phi) is 5.11. The molecule has 1 amide bonds. The molecule has 1 aliphatic rings. The number of piperazine rings is 1. The van der Waals surface area contributed by atoms with Crippen molar-refractivity contribution in [3.8, 4) is 0 Å². The van der Waals surface area contributed by atoms with Crippen LogP contribution in [0.2, 0.25) is 0 Å². The summed E-state index contributed by atoms with van der Waals surface area (Å²) in [7, 11) is 0. The summed E-state index contributed by atoms with van der Waals surface area (Å²) in [5, 5.41) is 0. The third kappa shape index (κ3) is 4.22. The van der Waals surface area contributed by atoms with Gasteiger partial charge in [0.2, 0.25) is 0 Å². The van der Waals surface area contributed by atoms with E-state index < -0.39 is 5.60 Å². The van der Waals surface area contributed by atoms with E-state index in [-0.39, 0.29) is 6.09 Å². The van der Waals surface area contributed by atoms with E-state index in [1.807, 2.05) is 32.9 Å². The molecule has 0 atom stereocenters. The van der Waals surface area contributed by atoms with Crippen molar-refractivity contribution in [2.24, 2.45) is 0 Å². The predicted octanol–water partition coefficient (Wildman–Crippen LogP) is 3.32. The van der Waals surface area contributed by atoms with Crippen LogP contribution < -0.4 is 4.90 Å². The van der Waals surface area contributed by atoms with Gasteiger partial charge in [-0.1, -0.05) is 0 Å². The van der Waals surface area contributed by atoms with Crippen LogP contribution >= 0.6 is 15.9 Å². The fourth-order valence-corrected chi connectivity index (χ4v) is 2.96. The van der Waals surface area contributed by atoms with Gasteiger partial charge >= 0.3 is 6.09 Å². The molecule has 1 saturated heterocycles. The van der Waals surface area contributed by atoms with Crippen molar-refractivity contribution in [3.05, 3.63) is 28.2 Å². The maximum Gasteiger partial charge on any atom is 0.410 e. The zero-order valence-corrected chi connectivity index (χ0v) is 14.7. The number of halogens is 1. The number of carbonyl (C=O) groups excluding carboxylic acids is 2. The summed E-state index contributed by atoms with van der Waals surface area (Å²) in [4.78, 5) is 26.8. The summed E-state index contributed by atoms with van der Waals surface area (Å²) in [6.45, 7) is 8.32. The second-order valence-corrected chi connectivity index (χ2v) is 7.14. The average molecular weight is 369 g/mol. The molecule has 0 unspecified atom stereocenters. The highest BCUT2D eigenvalue weighted by atomic mass is 79.9. The van der Waals surface area contributed by atoms with Crippen LogP contribution in [0.3, 0.4) is 0 Å². The van der Waals surface area contributed by atoms with Crippen molar-refractivity contribution >= 4 is 34.0 Å². The third-order valence-electron chi connectivity index (χ3n) is 3.38. The Labute approximate surface area is 139 Å². The summed E-state index contributed by atoms with van der Waals surface area (Å²) in [5.74, 6) is 0. The zero-order chi connectivity index (χ0) is 16.3. The minimum atomic E-state index is -0.470. The lowest BCUT2D eigenvalue weighted by Gasteiger charge is -2.37. The van der Waals surface area contributed by atoms with Crippen LogP contribution in [0.1, 0.15) is 31.1 Å². The maximum atomic E-state index is 12.0. The highest BCUT2D eigenvalue weighted by Gasteiger charge is 2.26. The quantitative estimate of drug-likeness (QED) is 0.751. The first-order valence-electron chi connectivity index (χ1n) is 7.28. The molecule has 0 aliphatic carbocycles. The second-order valence-electron chi connectivity index (χ2n) is 6.28. The Morgan fingerprint density at radius 3 is 2.36 bits per heavy atom. The van der Waals surface area contributed by atoms with E-state index in [9.17, 15) is 9.59 Å². The molecule has 0 aromatic heterocycles. The van der Waals surface area contributed by atoms with Crippen molar-refractivity contribution in [2.75, 3.05) is 31.1 Å². The highest BCUT2D eigenvalue weighted by molar-refractivity contribution is 9.10. The van der Waals surface area contributed by atoms with Gasteiger partial charge in [-0.2, -0.15) is 0 Å². The van der Waals surface area contributed by atoms with Crippen molar-refractivity contribution < 1.29 is 14.3 Å². The largest absolute Gasteiger partial charge is 0.444 e. The Bertz CT molecular complexity index is 561. The normalized spacial score (nSPS) is 15.6. The Morgan fingerprint density at radius 2 is 1.86 bits per heavy atom. The molecule has 120 valence electrons. The van der Waals surface area contributed by atoms with Gasteiger partial charge < -0.3 is 14.5 Å². The van der Waals surface area contributed by atoms with Gasteiger partial charge in [-0.05, 0) is 54.9 Å². The van der Waals surface area contributed by atoms with Crippen molar-refractivity contribution in [3.63, 3.8) is 0 Å². The van der Waals surface area contributed by atoms with Gasteiger partial charge in [0.1, 0.15) is 11.9 Å². The van der Waals surface area contributed by atoms with Gasteiger partial charge in [-0.15, -0.1) is 0 Å². The van der Waals surface area contributed by atoms with E-state index in [0.717, 1.165) is 29.5 Å². The van der Waals surface area contributed by atoms with Crippen LogP contribution in [-0.4, -0.2) is 49.1 Å². The van der Waals surface area contributed by atoms with Crippen LogP contribution in [0, 0.1) is 0 Å². The Morgan fingerprint density at radius 1 is 1.23 bits per heavy atom. The number of anilines is 1. The maximum absolute atomic E-state index is 12.0. The molecule has 0 N–H and O–H groups in total. The number of amides is 1. The molecule has 0 spiro atoms. The van der Waals surface area contributed by atoms with E-state index in [1.165, 1.54) is 0 Å². The summed E-state index contributed by atoms with van der Waals surface area (Å²) in [5.41, 5.74) is 1.21. The molecule has 2 rings (SSSR count). The SMILES string of the molecule is CC(C)(C)OC(=O)N1CCN(c2ccc(C=O)cc2Br)CC1. The molecule has 0 radical (unpaired) electrons. The van der Waals surface area contributed by atoms with Crippen LogP contribution in [0.5, 0.6) is 0 Å². The molecule has 0 bridgehead atoms. The molecule has 1 aromatic rings. The Hall–Kier alpha value is -1.56. The highest BCUT2D eigenvalue weighted by Crippen LogP contribution is 2.28. The van der Waals surface area contributed by atoms with Gasteiger partial charge in [0.15, 0.2) is 0 Å². The first kappa shape index (κ1) is 16.8. The lowest BCUT2D eigenvalue weighted by molar-refractivity contribution is 0.0240. The number of carbonyl (C=O) groups is 2. The van der Waals surface area contributed by atoms with E-state index in [2.05, 4.69) is 20.8 Å². The van der Waals surface area contributed by atoms with Gasteiger partial charge in [-0.3, -0.25) is 4.79 Å². The second kappa shape index (κ2) is 6.69. The molecule has 1 aromatic carbocycles. The van der Waals surface area contributed by atoms with Gasteiger partial charge in [0, 0.05) is 36.2 Å². The lowest BCUT2D eigenvalue weighted by Crippen LogP contribution is -2.50. The Balaban J connectivity index is 1.97. The van der Waals surface area contributed by atoms with Gasteiger partial charge in [-0.25, -0.2) is 4.79 Å². The minimum Gasteiger partial charge on any atom is -0.444 e. The van der Waals surface area contributed by atoms with Crippen LogP contribution in [0.15, 0.2) is 22.7 Å². The fraction of sp³-hybridized carbons (Fsp3) is 0.500. The number of benzene rings is 1. The fourth-order valence-electron chi connectivity index (χ4n) is 2.31. The monoisotopic (exact) mass is 368 g/mol. The molecular formula is C16H21BrN2O3. The number of nitrogens with zero attached hydrogens (tertiary/aromatic N) is 2. The van der Waals surface area contributed by atoms with Crippen LogP contribution in [-0.2, 0) is 4.74 Å². The number of aldehydes is 1. The summed E-state index contributed by atoms with van der Waals surface area (Å²) >= 11 is 3.50. The molecule has 22 heavy (non-hydrogen) atoms. The van der Waals surface area contributed by atoms with Crippen LogP contribution in [0.4, 0.5) is 10.5 Å². The summed E-state index contributed by atoms with van der Waals surface area (Å²) < 4.78 is 6.28. The number of hydrogen-bond donors (Lipinski definition) is 0.